The van der Waals surface area contributed by atoms with Gasteiger partial charge in [-0.1, -0.05) is 0 Å². The maximum atomic E-state index is 12.3. The fourth-order valence-corrected chi connectivity index (χ4v) is 1.74. The van der Waals surface area contributed by atoms with Gasteiger partial charge in [-0.3, -0.25) is 15.6 Å². The number of ketones is 1. The predicted molar refractivity (Wildman–Crippen MR) is 86.6 cm³/mol. The molecule has 23 heavy (non-hydrogen) atoms. The van der Waals surface area contributed by atoms with Gasteiger partial charge in [-0.05, 0) is 48.5 Å². The number of nitrogens with one attached hydrogen (secondary N) is 2. The van der Waals surface area contributed by atoms with E-state index in [0.29, 0.717) is 16.8 Å². The topological polar surface area (TPSA) is 135 Å². The largest absolute Gasteiger partial charge is 0.508 e. The average molecular weight is 307 g/mol. The Morgan fingerprint density at radius 1 is 1.13 bits per heavy atom. The van der Waals surface area contributed by atoms with Gasteiger partial charge in [-0.2, -0.15) is 10.4 Å². The number of amidine groups is 1. The Morgan fingerprint density at radius 3 is 2.13 bits per heavy atom. The standard InChI is InChI=1S/C16H13N5O2/c17-9-14(16(18)19)21-20-12-5-1-10(2-6-12)15(23)11-3-7-13(22)8-4-11/h1-8,20,22H,(H3,18,19)/b21-14+. The molecule has 7 nitrogen and oxygen atoms in total. The van der Waals surface area contributed by atoms with Crippen molar-refractivity contribution in [3.8, 4) is 11.8 Å². The zero-order valence-corrected chi connectivity index (χ0v) is 11.9. The van der Waals surface area contributed by atoms with Crippen molar-refractivity contribution >= 4 is 23.0 Å². The number of phenolic OH excluding ortho intramolecular Hbond substituents is 1. The van der Waals surface area contributed by atoms with Crippen LogP contribution in [0.1, 0.15) is 15.9 Å². The van der Waals surface area contributed by atoms with Crippen LogP contribution in [0, 0.1) is 16.7 Å². The molecule has 0 heterocycles. The monoisotopic (exact) mass is 307 g/mol. The minimum atomic E-state index is -0.431. The van der Waals surface area contributed by atoms with Crippen molar-refractivity contribution in [2.75, 3.05) is 5.43 Å². The van der Waals surface area contributed by atoms with Crippen molar-refractivity contribution in [2.24, 2.45) is 10.8 Å². The minimum absolute atomic E-state index is 0.0951. The van der Waals surface area contributed by atoms with Gasteiger partial charge in [0.25, 0.3) is 0 Å². The van der Waals surface area contributed by atoms with E-state index in [0.717, 1.165) is 0 Å². The maximum Gasteiger partial charge on any atom is 0.201 e. The van der Waals surface area contributed by atoms with E-state index in [9.17, 15) is 9.90 Å². The van der Waals surface area contributed by atoms with Gasteiger partial charge in [0.1, 0.15) is 11.8 Å². The number of benzene rings is 2. The molecule has 0 fully saturated rings. The second-order valence-electron chi connectivity index (χ2n) is 4.55. The van der Waals surface area contributed by atoms with Crippen LogP contribution in [0.4, 0.5) is 5.69 Å². The molecule has 2 rings (SSSR count). The first-order valence-corrected chi connectivity index (χ1v) is 6.53. The van der Waals surface area contributed by atoms with E-state index in [1.54, 1.807) is 42.5 Å². The summed E-state index contributed by atoms with van der Waals surface area (Å²) in [5.41, 5.74) is 9.02. The second kappa shape index (κ2) is 6.87. The van der Waals surface area contributed by atoms with Gasteiger partial charge in [0, 0.05) is 11.1 Å². The Hall–Kier alpha value is -3.66. The van der Waals surface area contributed by atoms with E-state index >= 15 is 0 Å². The van der Waals surface area contributed by atoms with Crippen molar-refractivity contribution in [3.63, 3.8) is 0 Å². The van der Waals surface area contributed by atoms with Crippen LogP contribution in [0.25, 0.3) is 0 Å². The normalized spacial score (nSPS) is 10.7. The molecular formula is C16H13N5O2. The first kappa shape index (κ1) is 15.7. The molecule has 0 amide bonds. The number of hydrogen-bond acceptors (Lipinski definition) is 6. The molecule has 0 atom stereocenters. The van der Waals surface area contributed by atoms with Crippen molar-refractivity contribution in [1.82, 2.24) is 0 Å². The van der Waals surface area contributed by atoms with Crippen LogP contribution in [0.5, 0.6) is 5.75 Å². The number of nitriles is 1. The van der Waals surface area contributed by atoms with Crippen LogP contribution in [0.2, 0.25) is 0 Å². The highest BCUT2D eigenvalue weighted by Crippen LogP contribution is 2.16. The number of rotatable bonds is 5. The number of anilines is 1. The second-order valence-corrected chi connectivity index (χ2v) is 4.55. The summed E-state index contributed by atoms with van der Waals surface area (Å²) in [6.45, 7) is 0. The van der Waals surface area contributed by atoms with Crippen molar-refractivity contribution in [3.05, 3.63) is 59.7 Å². The van der Waals surface area contributed by atoms with Gasteiger partial charge in [-0.25, -0.2) is 0 Å². The smallest absolute Gasteiger partial charge is 0.201 e. The molecule has 0 aliphatic carbocycles. The molecule has 0 saturated carbocycles. The Balaban J connectivity index is 2.13. The number of hydrazone groups is 1. The predicted octanol–water partition coefficient (Wildman–Crippen LogP) is 1.85. The lowest BCUT2D eigenvalue weighted by Crippen LogP contribution is -2.21. The van der Waals surface area contributed by atoms with Gasteiger partial charge in [-0.15, -0.1) is 0 Å². The van der Waals surface area contributed by atoms with Crippen LogP contribution in [0.15, 0.2) is 53.6 Å². The summed E-state index contributed by atoms with van der Waals surface area (Å²) in [6, 6.07) is 14.1. The van der Waals surface area contributed by atoms with Gasteiger partial charge in [0.2, 0.25) is 5.71 Å². The fourth-order valence-electron chi connectivity index (χ4n) is 1.74. The number of carbonyl (C=O) groups excluding carboxylic acids is 1. The van der Waals surface area contributed by atoms with E-state index in [2.05, 4.69) is 10.5 Å². The number of nitrogens with zero attached hydrogens (tertiary/aromatic N) is 2. The lowest BCUT2D eigenvalue weighted by molar-refractivity contribution is 0.103. The molecule has 2 aromatic carbocycles. The number of carbonyl (C=O) groups is 1. The fraction of sp³-hybridized carbons (Fsp3) is 0. The van der Waals surface area contributed by atoms with E-state index < -0.39 is 5.84 Å². The molecule has 0 saturated heterocycles. The molecular weight excluding hydrogens is 294 g/mol. The minimum Gasteiger partial charge on any atom is -0.508 e. The van der Waals surface area contributed by atoms with Crippen LogP contribution < -0.4 is 11.2 Å². The van der Waals surface area contributed by atoms with E-state index in [4.69, 9.17) is 16.4 Å². The molecule has 0 aromatic heterocycles. The zero-order chi connectivity index (χ0) is 16.8. The van der Waals surface area contributed by atoms with Crippen molar-refractivity contribution in [2.45, 2.75) is 0 Å². The first-order valence-electron chi connectivity index (χ1n) is 6.53. The maximum absolute atomic E-state index is 12.3. The molecule has 7 heteroatoms. The van der Waals surface area contributed by atoms with E-state index in [-0.39, 0.29) is 17.2 Å². The molecule has 0 bridgehead atoms. The molecule has 0 radical (unpaired) electrons. The Kier molecular flexibility index (Phi) is 4.69. The Labute approximate surface area is 132 Å². The zero-order valence-electron chi connectivity index (χ0n) is 11.9. The van der Waals surface area contributed by atoms with Crippen molar-refractivity contribution < 1.29 is 9.90 Å². The first-order chi connectivity index (χ1) is 11.0. The summed E-state index contributed by atoms with van der Waals surface area (Å²) < 4.78 is 0. The lowest BCUT2D eigenvalue weighted by atomic mass is 10.0. The van der Waals surface area contributed by atoms with Crippen LogP contribution in [-0.4, -0.2) is 22.4 Å². The quantitative estimate of drug-likeness (QED) is 0.289. The van der Waals surface area contributed by atoms with Gasteiger partial charge >= 0.3 is 0 Å². The summed E-state index contributed by atoms with van der Waals surface area (Å²) >= 11 is 0. The molecule has 5 N–H and O–H groups in total. The molecule has 0 spiro atoms. The van der Waals surface area contributed by atoms with Gasteiger partial charge in [0.15, 0.2) is 11.6 Å². The van der Waals surface area contributed by atoms with Gasteiger partial charge < -0.3 is 10.8 Å². The third kappa shape index (κ3) is 3.92. The highest BCUT2D eigenvalue weighted by atomic mass is 16.3. The summed E-state index contributed by atoms with van der Waals surface area (Å²) in [7, 11) is 0. The van der Waals surface area contributed by atoms with E-state index in [1.165, 1.54) is 12.1 Å². The van der Waals surface area contributed by atoms with Gasteiger partial charge in [0.05, 0.1) is 5.69 Å². The number of phenols is 1. The lowest BCUT2D eigenvalue weighted by Gasteiger charge is -2.04. The average Bonchev–Trinajstić information content (AvgIpc) is 2.56. The highest BCUT2D eigenvalue weighted by Gasteiger charge is 2.09. The summed E-state index contributed by atoms with van der Waals surface area (Å²) in [5.74, 6) is -0.515. The summed E-state index contributed by atoms with van der Waals surface area (Å²) in [6.07, 6.45) is 0. The summed E-state index contributed by atoms with van der Waals surface area (Å²) in [4.78, 5) is 12.3. The molecule has 0 aliphatic heterocycles. The molecule has 0 unspecified atom stereocenters. The Morgan fingerprint density at radius 2 is 1.65 bits per heavy atom. The van der Waals surface area contributed by atoms with Crippen LogP contribution in [-0.2, 0) is 0 Å². The van der Waals surface area contributed by atoms with Crippen LogP contribution in [0.3, 0.4) is 0 Å². The third-order valence-electron chi connectivity index (χ3n) is 2.93. The third-order valence-corrected chi connectivity index (χ3v) is 2.93. The molecule has 2 aromatic rings. The Bertz CT molecular complexity index is 802. The highest BCUT2D eigenvalue weighted by molar-refractivity contribution is 6.45. The van der Waals surface area contributed by atoms with E-state index in [1.807, 2.05) is 0 Å². The van der Waals surface area contributed by atoms with Crippen molar-refractivity contribution in [1.29, 1.82) is 10.7 Å². The summed E-state index contributed by atoms with van der Waals surface area (Å²) in [5, 5.41) is 28.8. The number of nitrogens with two attached hydrogens (primary N) is 1. The molecule has 0 aliphatic rings. The molecule has 114 valence electrons. The SMILES string of the molecule is N#C/C(=N\Nc1ccc(C(=O)c2ccc(O)cc2)cc1)C(=N)N. The van der Waals surface area contributed by atoms with Crippen LogP contribution >= 0.6 is 0 Å². The number of hydrogen-bond donors (Lipinski definition) is 4. The number of aromatic hydroxyl groups is 1.